The van der Waals surface area contributed by atoms with Crippen LogP contribution in [0.25, 0.3) is 0 Å². The second kappa shape index (κ2) is 10.5. The van der Waals surface area contributed by atoms with Crippen LogP contribution in [0.3, 0.4) is 0 Å². The molecule has 1 saturated heterocycles. The van der Waals surface area contributed by atoms with E-state index in [1.54, 1.807) is 53.8 Å². The largest absolute Gasteiger partial charge is 0.355 e. The van der Waals surface area contributed by atoms with Gasteiger partial charge in [-0.05, 0) is 54.7 Å². The highest BCUT2D eigenvalue weighted by atomic mass is 32.2. The van der Waals surface area contributed by atoms with Crippen LogP contribution in [0.5, 0.6) is 0 Å². The zero-order valence-corrected chi connectivity index (χ0v) is 18.6. The third-order valence-corrected chi connectivity index (χ3v) is 7.34. The van der Waals surface area contributed by atoms with E-state index >= 15 is 0 Å². The zero-order valence-electron chi connectivity index (χ0n) is 17.8. The zero-order chi connectivity index (χ0) is 22.3. The molecule has 3 rings (SSSR count). The number of carbonyl (C=O) groups is 2. The maximum atomic E-state index is 12.7. The summed E-state index contributed by atoms with van der Waals surface area (Å²) in [6, 6.07) is 13.9. The van der Waals surface area contributed by atoms with E-state index < -0.39 is 10.0 Å². The Kier molecular flexibility index (Phi) is 7.81. The highest BCUT2D eigenvalue weighted by Crippen LogP contribution is 2.21. The molecule has 1 aliphatic rings. The van der Waals surface area contributed by atoms with Crippen molar-refractivity contribution in [1.82, 2.24) is 14.9 Å². The van der Waals surface area contributed by atoms with E-state index in [2.05, 4.69) is 10.6 Å². The molecule has 166 valence electrons. The maximum Gasteiger partial charge on any atom is 0.251 e. The van der Waals surface area contributed by atoms with E-state index in [0.717, 1.165) is 30.4 Å². The van der Waals surface area contributed by atoms with Crippen LogP contribution in [0.4, 0.5) is 0 Å². The highest BCUT2D eigenvalue weighted by Gasteiger charge is 2.25. The Hall–Kier alpha value is -2.71. The molecule has 0 bridgehead atoms. The molecule has 1 aliphatic heterocycles. The summed E-state index contributed by atoms with van der Waals surface area (Å²) in [5.41, 5.74) is 2.31. The molecule has 2 N–H and O–H groups in total. The molecule has 7 nitrogen and oxygen atoms in total. The molecule has 2 aromatic rings. The van der Waals surface area contributed by atoms with Gasteiger partial charge in [-0.1, -0.05) is 30.7 Å². The molecular formula is C23H29N3O4S. The lowest BCUT2D eigenvalue weighted by molar-refractivity contribution is -0.121. The quantitative estimate of drug-likeness (QED) is 0.655. The summed E-state index contributed by atoms with van der Waals surface area (Å²) in [4.78, 5) is 24.2. The number of nitrogens with zero attached hydrogens (tertiary/aromatic N) is 1. The number of hydrogen-bond acceptors (Lipinski definition) is 4. The van der Waals surface area contributed by atoms with E-state index in [0.29, 0.717) is 42.9 Å². The Bertz CT molecular complexity index is 1010. The van der Waals surface area contributed by atoms with Crippen LogP contribution in [-0.2, 0) is 27.8 Å². The number of piperidine rings is 1. The Morgan fingerprint density at radius 1 is 0.968 bits per heavy atom. The van der Waals surface area contributed by atoms with Crippen LogP contribution in [-0.4, -0.2) is 44.7 Å². The Morgan fingerprint density at radius 3 is 2.35 bits per heavy atom. The van der Waals surface area contributed by atoms with E-state index in [-0.39, 0.29) is 11.8 Å². The van der Waals surface area contributed by atoms with Crippen LogP contribution in [0.15, 0.2) is 53.4 Å². The topological polar surface area (TPSA) is 95.6 Å². The summed E-state index contributed by atoms with van der Waals surface area (Å²) >= 11 is 0. The van der Waals surface area contributed by atoms with Crippen molar-refractivity contribution in [2.24, 2.45) is 0 Å². The fourth-order valence-corrected chi connectivity index (χ4v) is 5.11. The summed E-state index contributed by atoms with van der Waals surface area (Å²) in [6.45, 7) is 1.50. The lowest BCUT2D eigenvalue weighted by atomic mass is 10.1. The van der Waals surface area contributed by atoms with Gasteiger partial charge in [0.15, 0.2) is 0 Å². The van der Waals surface area contributed by atoms with Crippen molar-refractivity contribution in [2.45, 2.75) is 43.5 Å². The summed E-state index contributed by atoms with van der Waals surface area (Å²) in [5.74, 6) is -0.269. The predicted molar refractivity (Wildman–Crippen MR) is 119 cm³/mol. The molecule has 0 saturated carbocycles. The second-order valence-electron chi connectivity index (χ2n) is 7.66. The van der Waals surface area contributed by atoms with Gasteiger partial charge in [-0.15, -0.1) is 0 Å². The molecule has 2 amide bonds. The minimum atomic E-state index is -3.44. The van der Waals surface area contributed by atoms with Crippen molar-refractivity contribution in [2.75, 3.05) is 20.1 Å². The standard InChI is InChI=1S/C23H29N3O4S/c1-24-23(28)20-7-5-6-19(16-20)17-25-22(27)13-10-18-8-11-21(12-9-18)31(29,30)26-14-3-2-4-15-26/h5-9,11-12,16H,2-4,10,13-15,17H2,1H3,(H,24,28)(H,25,27). The smallest absolute Gasteiger partial charge is 0.251 e. The molecule has 8 heteroatoms. The van der Waals surface area contributed by atoms with Crippen molar-refractivity contribution >= 4 is 21.8 Å². The Balaban J connectivity index is 1.50. The normalized spacial score (nSPS) is 14.7. The van der Waals surface area contributed by atoms with Gasteiger partial charge in [0.1, 0.15) is 0 Å². The molecule has 31 heavy (non-hydrogen) atoms. The van der Waals surface area contributed by atoms with Gasteiger partial charge in [-0.3, -0.25) is 9.59 Å². The predicted octanol–water partition coefficient (Wildman–Crippen LogP) is 2.47. The summed E-state index contributed by atoms with van der Waals surface area (Å²) < 4.78 is 27.0. The highest BCUT2D eigenvalue weighted by molar-refractivity contribution is 7.89. The average molecular weight is 444 g/mol. The van der Waals surface area contributed by atoms with E-state index in [9.17, 15) is 18.0 Å². The van der Waals surface area contributed by atoms with Gasteiger partial charge in [-0.25, -0.2) is 8.42 Å². The first-order valence-electron chi connectivity index (χ1n) is 10.6. The van der Waals surface area contributed by atoms with Gasteiger partial charge in [0.2, 0.25) is 15.9 Å². The lowest BCUT2D eigenvalue weighted by Gasteiger charge is -2.25. The third-order valence-electron chi connectivity index (χ3n) is 5.42. The summed E-state index contributed by atoms with van der Waals surface area (Å²) in [5, 5.41) is 5.44. The van der Waals surface area contributed by atoms with E-state index in [1.165, 1.54) is 0 Å². The Labute approximate surface area is 183 Å². The van der Waals surface area contributed by atoms with Crippen molar-refractivity contribution in [3.8, 4) is 0 Å². The molecule has 2 aromatic carbocycles. The van der Waals surface area contributed by atoms with Crippen molar-refractivity contribution in [3.63, 3.8) is 0 Å². The second-order valence-corrected chi connectivity index (χ2v) is 9.60. The average Bonchev–Trinajstić information content (AvgIpc) is 2.82. The lowest BCUT2D eigenvalue weighted by Crippen LogP contribution is -2.35. The first kappa shape index (κ1) is 23.0. The van der Waals surface area contributed by atoms with E-state index in [4.69, 9.17) is 0 Å². The molecular weight excluding hydrogens is 414 g/mol. The minimum Gasteiger partial charge on any atom is -0.355 e. The number of carbonyl (C=O) groups excluding carboxylic acids is 2. The molecule has 0 aliphatic carbocycles. The number of benzene rings is 2. The number of sulfonamides is 1. The molecule has 0 spiro atoms. The van der Waals surface area contributed by atoms with Gasteiger partial charge in [-0.2, -0.15) is 4.31 Å². The molecule has 0 radical (unpaired) electrons. The summed E-state index contributed by atoms with van der Waals surface area (Å²) in [7, 11) is -1.86. The third kappa shape index (κ3) is 6.15. The number of rotatable bonds is 8. The van der Waals surface area contributed by atoms with Gasteiger partial charge < -0.3 is 10.6 Å². The van der Waals surface area contributed by atoms with Crippen LogP contribution in [0, 0.1) is 0 Å². The number of aryl methyl sites for hydroxylation is 1. The molecule has 0 aromatic heterocycles. The number of nitrogens with one attached hydrogen (secondary N) is 2. The van der Waals surface area contributed by atoms with Crippen LogP contribution < -0.4 is 10.6 Å². The molecule has 1 fully saturated rings. The Morgan fingerprint density at radius 2 is 1.68 bits per heavy atom. The summed E-state index contributed by atoms with van der Waals surface area (Å²) in [6.07, 6.45) is 3.71. The molecule has 0 atom stereocenters. The monoisotopic (exact) mass is 443 g/mol. The van der Waals surface area contributed by atoms with Gasteiger partial charge >= 0.3 is 0 Å². The first-order valence-corrected chi connectivity index (χ1v) is 12.0. The van der Waals surface area contributed by atoms with Crippen molar-refractivity contribution in [3.05, 3.63) is 65.2 Å². The number of amides is 2. The minimum absolute atomic E-state index is 0.102. The molecule has 1 heterocycles. The van der Waals surface area contributed by atoms with Gasteiger partial charge in [0, 0.05) is 38.7 Å². The van der Waals surface area contributed by atoms with Gasteiger partial charge in [0.25, 0.3) is 5.91 Å². The van der Waals surface area contributed by atoms with Crippen molar-refractivity contribution < 1.29 is 18.0 Å². The fourth-order valence-electron chi connectivity index (χ4n) is 3.60. The maximum absolute atomic E-state index is 12.7. The van der Waals surface area contributed by atoms with E-state index in [1.807, 2.05) is 6.07 Å². The molecule has 0 unspecified atom stereocenters. The first-order chi connectivity index (χ1) is 14.9. The van der Waals surface area contributed by atoms with Crippen LogP contribution >= 0.6 is 0 Å². The SMILES string of the molecule is CNC(=O)c1cccc(CNC(=O)CCc2ccc(S(=O)(=O)N3CCCCC3)cc2)c1. The fraction of sp³-hybridized carbons (Fsp3) is 0.391. The van der Waals surface area contributed by atoms with Gasteiger partial charge in [0.05, 0.1) is 4.90 Å². The number of hydrogen-bond donors (Lipinski definition) is 2. The van der Waals surface area contributed by atoms with Crippen molar-refractivity contribution in [1.29, 1.82) is 0 Å². The van der Waals surface area contributed by atoms with Crippen LogP contribution in [0.1, 0.15) is 47.2 Å². The van der Waals surface area contributed by atoms with Crippen LogP contribution in [0.2, 0.25) is 0 Å².